The minimum atomic E-state index is -4.75. The van der Waals surface area contributed by atoms with E-state index < -0.39 is 75.4 Å². The number of halogens is 5. The monoisotopic (exact) mass is 700 g/mol. The van der Waals surface area contributed by atoms with E-state index in [0.29, 0.717) is 33.4 Å². The Kier molecular flexibility index (Phi) is 7.48. The van der Waals surface area contributed by atoms with Crippen molar-refractivity contribution in [2.24, 2.45) is 23.7 Å². The Hall–Kier alpha value is -4.62. The molecule has 48 heavy (non-hydrogen) atoms. The fourth-order valence-corrected chi connectivity index (χ4v) is 8.31. The number of carbonyl (C=O) groups excluding carboxylic acids is 4. The van der Waals surface area contributed by atoms with E-state index in [2.05, 4.69) is 15.7 Å². The third kappa shape index (κ3) is 4.58. The molecule has 2 aromatic carbocycles. The fraction of sp³-hybridized carbons (Fsp3) is 0.303. The second kappa shape index (κ2) is 11.2. The Morgan fingerprint density at radius 1 is 1.06 bits per heavy atom. The highest BCUT2D eigenvalue weighted by Crippen LogP contribution is 2.65. The summed E-state index contributed by atoms with van der Waals surface area (Å²) < 4.78 is 45.4. The van der Waals surface area contributed by atoms with Crippen molar-refractivity contribution in [3.63, 3.8) is 0 Å². The number of allylic oxidation sites excluding steroid dienone is 2. The number of alkyl halides is 3. The number of phenolic OH excluding ortho intramolecular Hbond substituents is 1. The number of hydrogen-bond acceptors (Lipinski definition) is 8. The minimum Gasteiger partial charge on any atom is -0.504 e. The zero-order valence-corrected chi connectivity index (χ0v) is 26.4. The summed E-state index contributed by atoms with van der Waals surface area (Å²) in [5.74, 6) is -7.61. The lowest BCUT2D eigenvalue weighted by Gasteiger charge is -2.50. The topological polar surface area (TPSA) is 138 Å². The Morgan fingerprint density at radius 2 is 1.79 bits per heavy atom. The van der Waals surface area contributed by atoms with Crippen molar-refractivity contribution in [1.29, 1.82) is 0 Å². The number of carbonyl (C=O) groups is 4. The van der Waals surface area contributed by atoms with Gasteiger partial charge in [-0.3, -0.25) is 29.9 Å². The van der Waals surface area contributed by atoms with E-state index in [1.807, 2.05) is 0 Å². The molecule has 10 nitrogen and oxygen atoms in total. The maximum Gasteiger partial charge on any atom is 0.417 e. The maximum absolute atomic E-state index is 15.1. The number of aromatic nitrogens is 1. The number of phenols is 1. The first kappa shape index (κ1) is 32.0. The molecule has 4 aliphatic rings. The Bertz CT molecular complexity index is 1940. The lowest BCUT2D eigenvalue weighted by atomic mass is 9.49. The second-order valence-electron chi connectivity index (χ2n) is 12.2. The number of anilines is 1. The molecular formula is C33H25Cl2F3N4O6. The van der Waals surface area contributed by atoms with Gasteiger partial charge in [0, 0.05) is 22.7 Å². The van der Waals surface area contributed by atoms with Crippen LogP contribution in [-0.4, -0.2) is 45.8 Å². The predicted octanol–water partition coefficient (Wildman–Crippen LogP) is 5.39. The number of methoxy groups -OCH3 is 1. The van der Waals surface area contributed by atoms with E-state index in [4.69, 9.17) is 27.9 Å². The van der Waals surface area contributed by atoms with Crippen LogP contribution in [0, 0.1) is 23.7 Å². The van der Waals surface area contributed by atoms with Crippen LogP contribution < -0.4 is 15.5 Å². The largest absolute Gasteiger partial charge is 0.504 e. The first-order chi connectivity index (χ1) is 22.8. The van der Waals surface area contributed by atoms with Crippen LogP contribution in [0.3, 0.4) is 0 Å². The van der Waals surface area contributed by atoms with Gasteiger partial charge < -0.3 is 9.84 Å². The predicted molar refractivity (Wildman–Crippen MR) is 165 cm³/mol. The second-order valence-corrected chi connectivity index (χ2v) is 13.0. The number of ether oxygens (including phenoxy) is 1. The van der Waals surface area contributed by atoms with Gasteiger partial charge in [0.1, 0.15) is 0 Å². The fourth-order valence-electron chi connectivity index (χ4n) is 7.98. The number of aromatic hydroxyl groups is 1. The minimum absolute atomic E-state index is 0.0471. The molecule has 15 heteroatoms. The van der Waals surface area contributed by atoms with Gasteiger partial charge in [0.05, 0.1) is 40.9 Å². The van der Waals surface area contributed by atoms with Gasteiger partial charge in [-0.2, -0.15) is 18.2 Å². The molecule has 0 bridgehead atoms. The summed E-state index contributed by atoms with van der Waals surface area (Å²) in [6, 6.07) is 11.6. The van der Waals surface area contributed by atoms with Crippen LogP contribution in [-0.2, 0) is 30.8 Å². The first-order valence-electron chi connectivity index (χ1n) is 14.8. The number of pyridine rings is 1. The summed E-state index contributed by atoms with van der Waals surface area (Å²) in [6.07, 6.45) is -2.30. The molecule has 6 atom stereocenters. The number of nitrogens with one attached hydrogen (secondary N) is 2. The summed E-state index contributed by atoms with van der Waals surface area (Å²) in [7, 11) is 1.36. The average molecular weight is 701 g/mol. The summed E-state index contributed by atoms with van der Waals surface area (Å²) in [4.78, 5) is 59.3. The number of hydrazine groups is 1. The maximum atomic E-state index is 15.1. The lowest BCUT2D eigenvalue weighted by molar-refractivity contribution is -0.139. The highest BCUT2D eigenvalue weighted by atomic mass is 35.5. The van der Waals surface area contributed by atoms with Crippen molar-refractivity contribution in [2.75, 3.05) is 12.5 Å². The van der Waals surface area contributed by atoms with E-state index in [9.17, 15) is 32.7 Å². The smallest absolute Gasteiger partial charge is 0.417 e. The molecule has 0 spiro atoms. The van der Waals surface area contributed by atoms with Crippen LogP contribution in [0.4, 0.5) is 19.0 Å². The van der Waals surface area contributed by atoms with Gasteiger partial charge in [-0.25, -0.2) is 4.98 Å². The van der Waals surface area contributed by atoms with Gasteiger partial charge in [0.25, 0.3) is 11.8 Å². The zero-order valence-electron chi connectivity index (χ0n) is 24.8. The SMILES string of the molecule is COc1cccc([C@H]2C3=CC[C@@H]4C(=O)NC(=O)[C@@H]4[C@@H]3C[C@H]3C(=O)N(Nc4ncc(C(F)(F)F)cc4Cl)C(=O)[C@@]23c2ccc(Cl)cc2)c1O. The number of fused-ring (bicyclic) bond motifs is 4. The number of nitrogens with zero attached hydrogens (tertiary/aromatic N) is 2. The Morgan fingerprint density at radius 3 is 2.46 bits per heavy atom. The zero-order chi connectivity index (χ0) is 34.3. The average Bonchev–Trinajstić information content (AvgIpc) is 3.46. The van der Waals surface area contributed by atoms with E-state index in [0.717, 1.165) is 0 Å². The van der Waals surface area contributed by atoms with Crippen molar-refractivity contribution in [1.82, 2.24) is 15.3 Å². The van der Waals surface area contributed by atoms with Crippen LogP contribution in [0.2, 0.25) is 10.0 Å². The highest BCUT2D eigenvalue weighted by molar-refractivity contribution is 6.33. The normalized spacial score (nSPS) is 28.0. The van der Waals surface area contributed by atoms with Crippen molar-refractivity contribution in [3.8, 4) is 11.5 Å². The standard InChI is InChI=1S/C33H25Cl2F3N4O6/c1-48-23-4-2-3-19(26(23)43)25-17-9-10-18-24(29(45)40-28(18)44)20(17)12-21-30(46)42(31(47)32(21,25)14-5-7-16(34)8-6-14)41-27-22(35)11-15(13-39-27)33(36,37)38/h2-9,11,13,18,20-21,24-25,43H,10,12H2,1H3,(H,39,41)(H,40,44,45)/t18-,20+,21-,24-,25+,32+/m0/s1. The molecule has 3 aromatic rings. The molecule has 0 unspecified atom stereocenters. The van der Waals surface area contributed by atoms with Crippen molar-refractivity contribution >= 4 is 52.6 Å². The van der Waals surface area contributed by atoms with Gasteiger partial charge in [-0.1, -0.05) is 59.1 Å². The number of benzene rings is 2. The number of amides is 4. The van der Waals surface area contributed by atoms with Gasteiger partial charge in [-0.15, -0.1) is 0 Å². The van der Waals surface area contributed by atoms with Gasteiger partial charge >= 0.3 is 6.18 Å². The number of hydrogen-bond donors (Lipinski definition) is 3. The number of imide groups is 2. The third-order valence-corrected chi connectivity index (χ3v) is 10.5. The number of para-hydroxylation sites is 1. The van der Waals surface area contributed by atoms with Crippen molar-refractivity contribution in [2.45, 2.75) is 30.4 Å². The van der Waals surface area contributed by atoms with Gasteiger partial charge in [0.15, 0.2) is 17.3 Å². The third-order valence-electron chi connectivity index (χ3n) is 9.96. The summed E-state index contributed by atoms with van der Waals surface area (Å²) >= 11 is 12.4. The molecule has 2 saturated heterocycles. The lowest BCUT2D eigenvalue weighted by Crippen LogP contribution is -2.53. The molecule has 3 heterocycles. The van der Waals surface area contributed by atoms with E-state index in [-0.39, 0.29) is 35.7 Å². The Balaban J connectivity index is 1.46. The molecule has 4 amide bonds. The first-order valence-corrected chi connectivity index (χ1v) is 15.6. The summed E-state index contributed by atoms with van der Waals surface area (Å²) in [6.45, 7) is 0. The quantitative estimate of drug-likeness (QED) is 0.238. The number of rotatable bonds is 5. The molecule has 248 valence electrons. The van der Waals surface area contributed by atoms with Crippen LogP contribution >= 0.6 is 23.2 Å². The molecule has 3 N–H and O–H groups in total. The van der Waals surface area contributed by atoms with Crippen LogP contribution in [0.1, 0.15) is 35.4 Å². The molecule has 7 rings (SSSR count). The van der Waals surface area contributed by atoms with Crippen LogP contribution in [0.5, 0.6) is 11.5 Å². The molecule has 1 aromatic heterocycles. The van der Waals surface area contributed by atoms with Crippen LogP contribution in [0.15, 0.2) is 66.4 Å². The van der Waals surface area contributed by atoms with Crippen LogP contribution in [0.25, 0.3) is 0 Å². The summed E-state index contributed by atoms with van der Waals surface area (Å²) in [5.41, 5.74) is 0.792. The highest BCUT2D eigenvalue weighted by Gasteiger charge is 2.70. The van der Waals surface area contributed by atoms with Crippen molar-refractivity contribution < 1.29 is 42.2 Å². The molecule has 1 saturated carbocycles. The molecular weight excluding hydrogens is 676 g/mol. The molecule has 2 aliphatic heterocycles. The Labute approximate surface area is 280 Å². The molecule has 0 radical (unpaired) electrons. The van der Waals surface area contributed by atoms with Crippen molar-refractivity contribution in [3.05, 3.63) is 93.1 Å². The van der Waals surface area contributed by atoms with Gasteiger partial charge in [-0.05, 0) is 48.6 Å². The van der Waals surface area contributed by atoms with E-state index >= 15 is 4.79 Å². The van der Waals surface area contributed by atoms with Gasteiger partial charge in [0.2, 0.25) is 11.8 Å². The van der Waals surface area contributed by atoms with E-state index in [1.54, 1.807) is 42.5 Å². The summed E-state index contributed by atoms with van der Waals surface area (Å²) in [5, 5.41) is 14.5. The molecule has 3 fully saturated rings. The van der Waals surface area contributed by atoms with E-state index in [1.165, 1.54) is 13.2 Å². The molecule has 2 aliphatic carbocycles.